The zero-order chi connectivity index (χ0) is 39.9. The number of methoxy groups -OCH3 is 1. The second-order valence-corrected chi connectivity index (χ2v) is 17.8. The Morgan fingerprint density at radius 2 is 1.65 bits per heavy atom. The molecule has 0 aliphatic carbocycles. The van der Waals surface area contributed by atoms with E-state index in [-0.39, 0.29) is 25.0 Å². The molecule has 2 bridgehead atoms. The van der Waals surface area contributed by atoms with Crippen molar-refractivity contribution < 1.29 is 58.4 Å². The van der Waals surface area contributed by atoms with Gasteiger partial charge in [-0.1, -0.05) is 33.6 Å². The van der Waals surface area contributed by atoms with Crippen LogP contribution in [0.2, 0.25) is 0 Å². The molecule has 0 saturated carbocycles. The van der Waals surface area contributed by atoms with E-state index in [4.69, 9.17) is 33.2 Å². The van der Waals surface area contributed by atoms with Crippen molar-refractivity contribution in [2.45, 2.75) is 205 Å². The van der Waals surface area contributed by atoms with Gasteiger partial charge in [0.1, 0.15) is 41.4 Å². The number of esters is 1. The molecular weight excluding hydrogens is 698 g/mol. The number of cyclic esters (lactones) is 1. The first kappa shape index (κ1) is 43.7. The molecule has 0 radical (unpaired) electrons. The first-order valence-electron chi connectivity index (χ1n) is 20.5. The summed E-state index contributed by atoms with van der Waals surface area (Å²) in [5.41, 5.74) is -2.93. The summed E-state index contributed by atoms with van der Waals surface area (Å²) in [5.74, 6) is -2.21. The number of hydrogen-bond acceptors (Lipinski definition) is 13. The number of aliphatic hydroxyl groups excluding tert-OH is 3. The number of fused-ring (bicyclic) bond motifs is 2. The largest absolute Gasteiger partial charge is 0.488 e. The molecule has 0 spiro atoms. The maximum Gasteiger partial charge on any atom is 0.311 e. The van der Waals surface area contributed by atoms with Gasteiger partial charge in [0.15, 0.2) is 12.6 Å². The molecule has 0 aromatic carbocycles. The minimum absolute atomic E-state index is 0.146. The Labute approximate surface area is 323 Å². The number of ether oxygens (including phenoxy) is 7. The van der Waals surface area contributed by atoms with Crippen molar-refractivity contribution in [3.8, 4) is 0 Å². The van der Waals surface area contributed by atoms with E-state index in [1.807, 2.05) is 34.6 Å². The van der Waals surface area contributed by atoms with E-state index >= 15 is 0 Å². The van der Waals surface area contributed by atoms with Gasteiger partial charge in [-0.3, -0.25) is 9.69 Å². The van der Waals surface area contributed by atoms with Crippen molar-refractivity contribution in [1.82, 2.24) is 4.90 Å². The van der Waals surface area contributed by atoms with Gasteiger partial charge in [0, 0.05) is 31.9 Å². The van der Waals surface area contributed by atoms with E-state index in [2.05, 4.69) is 4.90 Å². The quantitative estimate of drug-likeness (QED) is 0.247. The SMILES string of the molecule is CC[C@@H](O)[C@@](C)(O)[C@@H]1OC(=O)[C@H](C)[C@@H](O[C@H]2CC(C)(OC)[C@@H](O)C(C)O2)[C@H](C)[C@@H](O[C@@H]2OC(C)CC(N3CCCCCC3)C2O)[C@@]2(C)CC(C)=C(O2)[C@@H]1C. The van der Waals surface area contributed by atoms with Crippen LogP contribution in [0.25, 0.3) is 0 Å². The van der Waals surface area contributed by atoms with Crippen molar-refractivity contribution in [2.75, 3.05) is 20.2 Å². The third-order valence-electron chi connectivity index (χ3n) is 13.4. The van der Waals surface area contributed by atoms with E-state index in [9.17, 15) is 25.2 Å². The van der Waals surface area contributed by atoms with E-state index < -0.39 is 95.8 Å². The third-order valence-corrected chi connectivity index (χ3v) is 13.4. The molecule has 5 aliphatic rings. The fourth-order valence-corrected chi connectivity index (χ4v) is 10.0. The molecule has 54 heavy (non-hydrogen) atoms. The van der Waals surface area contributed by atoms with Crippen LogP contribution in [0.4, 0.5) is 0 Å². The number of carbonyl (C=O) groups is 1. The van der Waals surface area contributed by atoms with Crippen molar-refractivity contribution in [1.29, 1.82) is 0 Å². The molecular formula is C41H71NO12. The van der Waals surface area contributed by atoms with Gasteiger partial charge in [0.25, 0.3) is 0 Å². The zero-order valence-electron chi connectivity index (χ0n) is 34.7. The van der Waals surface area contributed by atoms with Crippen LogP contribution in [-0.4, -0.2) is 136 Å². The van der Waals surface area contributed by atoms with Crippen molar-refractivity contribution in [3.63, 3.8) is 0 Å². The normalized spacial score (nSPS) is 46.1. The summed E-state index contributed by atoms with van der Waals surface area (Å²) in [5, 5.41) is 45.9. The molecule has 0 aromatic heterocycles. The first-order chi connectivity index (χ1) is 25.3. The Kier molecular flexibility index (Phi) is 13.9. The van der Waals surface area contributed by atoms with Gasteiger partial charge in [-0.2, -0.15) is 0 Å². The van der Waals surface area contributed by atoms with E-state index in [1.54, 1.807) is 27.7 Å². The third kappa shape index (κ3) is 8.71. The number of likely N-dealkylation sites (tertiary alicyclic amines) is 1. The van der Waals surface area contributed by atoms with Crippen LogP contribution in [0.1, 0.15) is 121 Å². The fourth-order valence-electron chi connectivity index (χ4n) is 10.0. The Balaban J connectivity index is 1.57. The molecule has 13 heteroatoms. The minimum Gasteiger partial charge on any atom is -0.488 e. The first-order valence-corrected chi connectivity index (χ1v) is 20.5. The lowest BCUT2D eigenvalue weighted by Gasteiger charge is -2.49. The summed E-state index contributed by atoms with van der Waals surface area (Å²) in [6.45, 7) is 20.1. The molecule has 0 amide bonds. The van der Waals surface area contributed by atoms with Crippen molar-refractivity contribution in [3.05, 3.63) is 11.3 Å². The molecule has 5 heterocycles. The minimum atomic E-state index is -1.82. The van der Waals surface area contributed by atoms with Crippen molar-refractivity contribution >= 4 is 5.97 Å². The number of carbonyl (C=O) groups excluding carboxylic acids is 1. The van der Waals surface area contributed by atoms with Gasteiger partial charge >= 0.3 is 5.97 Å². The average molecular weight is 770 g/mol. The standard InChI is InChI=1S/C41H71NO12/c1-12-29(43)41(10,47)36-24(4)32-22(2)20-40(9,54-32)35(53-38-31(44)28(19-23(3)49-38)42-17-15-13-14-16-18-42)25(5)33(26(6)37(46)52-36)51-30-21-39(8,48-11)34(45)27(7)50-30/h23-31,33-36,38,43-45,47H,12-21H2,1-11H3/t23?,24-,25-,26+,27?,28?,29+,30-,31?,33-,34-,35+,36+,38-,39?,40+,41+/m0/s1. The van der Waals surface area contributed by atoms with Gasteiger partial charge in [0.05, 0.1) is 41.9 Å². The van der Waals surface area contributed by atoms with Crippen LogP contribution in [0.3, 0.4) is 0 Å². The lowest BCUT2D eigenvalue weighted by molar-refractivity contribution is -0.317. The summed E-state index contributed by atoms with van der Waals surface area (Å²) in [4.78, 5) is 16.8. The number of aliphatic hydroxyl groups is 4. The summed E-state index contributed by atoms with van der Waals surface area (Å²) < 4.78 is 45.5. The molecule has 0 aromatic rings. The Morgan fingerprint density at radius 1 is 1.00 bits per heavy atom. The Morgan fingerprint density at radius 3 is 2.26 bits per heavy atom. The molecule has 4 saturated heterocycles. The van der Waals surface area contributed by atoms with Crippen molar-refractivity contribution in [2.24, 2.45) is 17.8 Å². The highest BCUT2D eigenvalue weighted by Crippen LogP contribution is 2.48. The summed E-state index contributed by atoms with van der Waals surface area (Å²) in [7, 11) is 1.54. The molecule has 5 aliphatic heterocycles. The highest BCUT2D eigenvalue weighted by molar-refractivity contribution is 5.73. The second kappa shape index (κ2) is 17.2. The predicted octanol–water partition coefficient (Wildman–Crippen LogP) is 4.21. The van der Waals surface area contributed by atoms with Crippen LogP contribution in [0, 0.1) is 17.8 Å². The molecule has 4 fully saturated rings. The Hall–Kier alpha value is -1.39. The summed E-state index contributed by atoms with van der Waals surface area (Å²) in [6, 6.07) is -0.146. The summed E-state index contributed by atoms with van der Waals surface area (Å²) >= 11 is 0. The smallest absolute Gasteiger partial charge is 0.311 e. The van der Waals surface area contributed by atoms with Crippen LogP contribution in [0.5, 0.6) is 0 Å². The maximum atomic E-state index is 14.4. The lowest BCUT2D eigenvalue weighted by atomic mass is 9.78. The van der Waals surface area contributed by atoms with Gasteiger partial charge in [-0.25, -0.2) is 0 Å². The highest BCUT2D eigenvalue weighted by atomic mass is 16.7. The van der Waals surface area contributed by atoms with Gasteiger partial charge in [-0.05, 0) is 92.8 Å². The number of rotatable bonds is 9. The fraction of sp³-hybridized carbons (Fsp3) is 0.927. The monoisotopic (exact) mass is 769 g/mol. The van der Waals surface area contributed by atoms with Crippen LogP contribution >= 0.6 is 0 Å². The number of nitrogens with zero attached hydrogens (tertiary/aromatic N) is 1. The predicted molar refractivity (Wildman–Crippen MR) is 200 cm³/mol. The topological polar surface area (TPSA) is 166 Å². The van der Waals surface area contributed by atoms with Gasteiger partial charge in [-0.15, -0.1) is 0 Å². The summed E-state index contributed by atoms with van der Waals surface area (Å²) in [6.07, 6.45) is -2.52. The van der Waals surface area contributed by atoms with Gasteiger partial charge < -0.3 is 53.6 Å². The van der Waals surface area contributed by atoms with Gasteiger partial charge in [0.2, 0.25) is 0 Å². The van der Waals surface area contributed by atoms with Crippen LogP contribution in [-0.2, 0) is 38.0 Å². The molecule has 5 rings (SSSR count). The van der Waals surface area contributed by atoms with E-state index in [0.29, 0.717) is 18.6 Å². The second-order valence-electron chi connectivity index (χ2n) is 17.8. The molecule has 17 atom stereocenters. The van der Waals surface area contributed by atoms with Crippen LogP contribution < -0.4 is 0 Å². The highest BCUT2D eigenvalue weighted by Gasteiger charge is 2.57. The molecule has 4 N–H and O–H groups in total. The van der Waals surface area contributed by atoms with E-state index in [0.717, 1.165) is 31.5 Å². The maximum absolute atomic E-state index is 14.4. The average Bonchev–Trinajstić information content (AvgIpc) is 3.25. The zero-order valence-corrected chi connectivity index (χ0v) is 34.7. The molecule has 312 valence electrons. The molecule has 13 nitrogen and oxygen atoms in total. The molecule has 5 unspecified atom stereocenters. The number of hydrogen-bond donors (Lipinski definition) is 4. The lowest BCUT2D eigenvalue weighted by Crippen LogP contribution is -2.60. The van der Waals surface area contributed by atoms with E-state index in [1.165, 1.54) is 26.9 Å². The van der Waals surface area contributed by atoms with Crippen LogP contribution in [0.15, 0.2) is 11.3 Å². The Bertz CT molecular complexity index is 1300.